The molecule has 1 N–H and O–H groups in total. The molecule has 0 fully saturated rings. The van der Waals surface area contributed by atoms with Crippen LogP contribution in [0.15, 0.2) is 48.5 Å². The number of carbonyl (C=O) groups is 1. The molecule has 25 heavy (non-hydrogen) atoms. The molecule has 0 saturated heterocycles. The first-order valence-corrected chi connectivity index (χ1v) is 8.74. The minimum atomic E-state index is -0.615. The highest BCUT2D eigenvalue weighted by atomic mass is 19.1. The number of ether oxygens (including phenoxy) is 1. The molecular weight excluding hydrogens is 317 g/mol. The molecular formula is C21H26FNO2. The van der Waals surface area contributed by atoms with Gasteiger partial charge >= 0.3 is 0 Å². The summed E-state index contributed by atoms with van der Waals surface area (Å²) in [6.07, 6.45) is 1.18. The van der Waals surface area contributed by atoms with Gasteiger partial charge in [0, 0.05) is 6.54 Å². The van der Waals surface area contributed by atoms with Crippen molar-refractivity contribution >= 4 is 5.91 Å². The number of nitrogens with one attached hydrogen (secondary N) is 1. The second kappa shape index (κ2) is 9.21. The van der Waals surface area contributed by atoms with E-state index in [1.807, 2.05) is 0 Å². The zero-order valence-electron chi connectivity index (χ0n) is 15.1. The number of aryl methyl sites for hydroxylation is 1. The molecule has 0 radical (unpaired) electrons. The van der Waals surface area contributed by atoms with Gasteiger partial charge in [-0.15, -0.1) is 0 Å². The van der Waals surface area contributed by atoms with Gasteiger partial charge in [-0.05, 0) is 61.1 Å². The van der Waals surface area contributed by atoms with Crippen LogP contribution in [-0.4, -0.2) is 18.6 Å². The van der Waals surface area contributed by atoms with Crippen LogP contribution in [0.2, 0.25) is 0 Å². The molecule has 4 heteroatoms. The summed E-state index contributed by atoms with van der Waals surface area (Å²) in [4.78, 5) is 12.0. The summed E-state index contributed by atoms with van der Waals surface area (Å²) in [5, 5.41) is 2.88. The lowest BCUT2D eigenvalue weighted by Gasteiger charge is -2.14. The molecule has 0 aliphatic carbocycles. The minimum Gasteiger partial charge on any atom is -0.481 e. The van der Waals surface area contributed by atoms with E-state index in [0.717, 1.165) is 12.8 Å². The fraction of sp³-hybridized carbons (Fsp3) is 0.381. The third kappa shape index (κ3) is 6.22. The molecule has 3 nitrogen and oxygen atoms in total. The SMILES string of the molecule is CC(C)c1ccc(CCCNC(=O)[C@@H](C)Oc2ccc(F)cc2)cc1. The average molecular weight is 343 g/mol. The summed E-state index contributed by atoms with van der Waals surface area (Å²) in [5.41, 5.74) is 2.61. The Labute approximate surface area is 149 Å². The van der Waals surface area contributed by atoms with E-state index < -0.39 is 6.10 Å². The van der Waals surface area contributed by atoms with Gasteiger partial charge in [0.15, 0.2) is 6.10 Å². The summed E-state index contributed by atoms with van der Waals surface area (Å²) in [7, 11) is 0. The van der Waals surface area contributed by atoms with E-state index in [0.29, 0.717) is 18.2 Å². The maximum absolute atomic E-state index is 12.9. The van der Waals surface area contributed by atoms with Gasteiger partial charge in [0.2, 0.25) is 0 Å². The topological polar surface area (TPSA) is 38.3 Å². The van der Waals surface area contributed by atoms with Crippen LogP contribution in [0.4, 0.5) is 4.39 Å². The van der Waals surface area contributed by atoms with Crippen molar-refractivity contribution in [2.45, 2.75) is 45.6 Å². The van der Waals surface area contributed by atoms with Gasteiger partial charge in [-0.3, -0.25) is 4.79 Å². The van der Waals surface area contributed by atoms with E-state index in [9.17, 15) is 9.18 Å². The molecule has 0 aliphatic heterocycles. The van der Waals surface area contributed by atoms with E-state index in [-0.39, 0.29) is 11.7 Å². The number of hydrogen-bond acceptors (Lipinski definition) is 2. The van der Waals surface area contributed by atoms with Crippen LogP contribution < -0.4 is 10.1 Å². The molecule has 2 aromatic rings. The zero-order valence-corrected chi connectivity index (χ0v) is 15.1. The van der Waals surface area contributed by atoms with E-state index >= 15 is 0 Å². The Bertz CT molecular complexity index is 665. The van der Waals surface area contributed by atoms with Gasteiger partial charge in [-0.25, -0.2) is 4.39 Å². The molecule has 0 saturated carbocycles. The fourth-order valence-electron chi connectivity index (χ4n) is 2.49. The number of halogens is 1. The summed E-state index contributed by atoms with van der Waals surface area (Å²) < 4.78 is 18.4. The maximum Gasteiger partial charge on any atom is 0.260 e. The monoisotopic (exact) mass is 343 g/mol. The first-order chi connectivity index (χ1) is 12.0. The summed E-state index contributed by atoms with van der Waals surface area (Å²) in [6.45, 7) is 6.64. The molecule has 0 spiro atoms. The van der Waals surface area contributed by atoms with Crippen LogP contribution in [-0.2, 0) is 11.2 Å². The first kappa shape index (κ1) is 19.0. The summed E-state index contributed by atoms with van der Waals surface area (Å²) >= 11 is 0. The highest BCUT2D eigenvalue weighted by Crippen LogP contribution is 2.15. The summed E-state index contributed by atoms with van der Waals surface area (Å²) in [6, 6.07) is 14.3. The molecule has 0 unspecified atom stereocenters. The van der Waals surface area contributed by atoms with Crippen molar-refractivity contribution in [3.8, 4) is 5.75 Å². The Balaban J connectivity index is 1.69. The Morgan fingerprint density at radius 1 is 1.04 bits per heavy atom. The predicted molar refractivity (Wildman–Crippen MR) is 98.4 cm³/mol. The van der Waals surface area contributed by atoms with Crippen LogP contribution in [0.25, 0.3) is 0 Å². The Kier molecular flexibility index (Phi) is 6.99. The second-order valence-corrected chi connectivity index (χ2v) is 6.50. The van der Waals surface area contributed by atoms with Gasteiger partial charge in [-0.2, -0.15) is 0 Å². The minimum absolute atomic E-state index is 0.167. The van der Waals surface area contributed by atoms with Crippen LogP contribution in [0.3, 0.4) is 0 Å². The van der Waals surface area contributed by atoms with Gasteiger partial charge in [-0.1, -0.05) is 38.1 Å². The number of benzene rings is 2. The van der Waals surface area contributed by atoms with Crippen LogP contribution in [0, 0.1) is 5.82 Å². The lowest BCUT2D eigenvalue weighted by molar-refractivity contribution is -0.127. The van der Waals surface area contributed by atoms with E-state index in [1.54, 1.807) is 6.92 Å². The van der Waals surface area contributed by atoms with Crippen molar-refractivity contribution in [1.29, 1.82) is 0 Å². The third-order valence-corrected chi connectivity index (χ3v) is 4.08. The number of carbonyl (C=O) groups excluding carboxylic acids is 1. The molecule has 1 atom stereocenters. The molecule has 0 aromatic heterocycles. The average Bonchev–Trinajstić information content (AvgIpc) is 2.60. The Hall–Kier alpha value is -2.36. The molecule has 0 bridgehead atoms. The standard InChI is InChI=1S/C21H26FNO2/c1-15(2)18-8-6-17(7-9-18)5-4-14-23-21(24)16(3)25-20-12-10-19(22)11-13-20/h6-13,15-16H,4-5,14H2,1-3H3,(H,23,24)/t16-/m1/s1. The highest BCUT2D eigenvalue weighted by molar-refractivity contribution is 5.80. The Morgan fingerprint density at radius 3 is 2.28 bits per heavy atom. The van der Waals surface area contributed by atoms with Gasteiger partial charge in [0.1, 0.15) is 11.6 Å². The largest absolute Gasteiger partial charge is 0.481 e. The normalized spacial score (nSPS) is 12.0. The van der Waals surface area contributed by atoms with E-state index in [2.05, 4.69) is 43.4 Å². The number of rotatable bonds is 8. The van der Waals surface area contributed by atoms with Crippen LogP contribution in [0.1, 0.15) is 44.2 Å². The van der Waals surface area contributed by atoms with Crippen molar-refractivity contribution in [2.75, 3.05) is 6.54 Å². The molecule has 134 valence electrons. The number of amides is 1. The highest BCUT2D eigenvalue weighted by Gasteiger charge is 2.13. The van der Waals surface area contributed by atoms with E-state index in [1.165, 1.54) is 35.4 Å². The summed E-state index contributed by atoms with van der Waals surface area (Å²) in [5.74, 6) is 0.524. The predicted octanol–water partition coefficient (Wildman–Crippen LogP) is 4.47. The van der Waals surface area contributed by atoms with Gasteiger partial charge in [0.05, 0.1) is 0 Å². The lowest BCUT2D eigenvalue weighted by atomic mass is 10.0. The number of hydrogen-bond donors (Lipinski definition) is 1. The van der Waals surface area contributed by atoms with Crippen molar-refractivity contribution in [3.63, 3.8) is 0 Å². The van der Waals surface area contributed by atoms with Crippen molar-refractivity contribution < 1.29 is 13.9 Å². The maximum atomic E-state index is 12.9. The molecule has 0 aliphatic rings. The smallest absolute Gasteiger partial charge is 0.260 e. The first-order valence-electron chi connectivity index (χ1n) is 8.74. The fourth-order valence-corrected chi connectivity index (χ4v) is 2.49. The molecule has 0 heterocycles. The van der Waals surface area contributed by atoms with Crippen molar-refractivity contribution in [1.82, 2.24) is 5.32 Å². The second-order valence-electron chi connectivity index (χ2n) is 6.50. The van der Waals surface area contributed by atoms with Gasteiger partial charge < -0.3 is 10.1 Å². The third-order valence-electron chi connectivity index (χ3n) is 4.08. The Morgan fingerprint density at radius 2 is 1.68 bits per heavy atom. The van der Waals surface area contributed by atoms with Crippen LogP contribution in [0.5, 0.6) is 5.75 Å². The quantitative estimate of drug-likeness (QED) is 0.719. The van der Waals surface area contributed by atoms with E-state index in [4.69, 9.17) is 4.74 Å². The zero-order chi connectivity index (χ0) is 18.2. The molecule has 1 amide bonds. The van der Waals surface area contributed by atoms with Gasteiger partial charge in [0.25, 0.3) is 5.91 Å². The molecule has 2 rings (SSSR count). The van der Waals surface area contributed by atoms with Crippen molar-refractivity contribution in [3.05, 3.63) is 65.5 Å². The molecule has 2 aromatic carbocycles. The lowest BCUT2D eigenvalue weighted by Crippen LogP contribution is -2.36. The van der Waals surface area contributed by atoms with Crippen molar-refractivity contribution in [2.24, 2.45) is 0 Å². The van der Waals surface area contributed by atoms with Crippen LogP contribution >= 0.6 is 0 Å².